The van der Waals surface area contributed by atoms with Crippen LogP contribution in [0.2, 0.25) is 0 Å². The van der Waals surface area contributed by atoms with Gasteiger partial charge in [0.25, 0.3) is 0 Å². The third kappa shape index (κ3) is 5.00. The lowest BCUT2D eigenvalue weighted by Gasteiger charge is -2.23. The first-order valence-corrected chi connectivity index (χ1v) is 7.50. The number of anilines is 1. The minimum absolute atomic E-state index is 0.0964. The Labute approximate surface area is 137 Å². The fourth-order valence-corrected chi connectivity index (χ4v) is 2.35. The second kappa shape index (κ2) is 8.19. The van der Waals surface area contributed by atoms with E-state index in [1.54, 1.807) is 7.11 Å². The molecular formula is C18H23N3O2. The van der Waals surface area contributed by atoms with Crippen LogP contribution in [0.25, 0.3) is 0 Å². The van der Waals surface area contributed by atoms with E-state index in [2.05, 4.69) is 10.6 Å². The number of rotatable bonds is 6. The van der Waals surface area contributed by atoms with Gasteiger partial charge in [-0.15, -0.1) is 0 Å². The van der Waals surface area contributed by atoms with Crippen molar-refractivity contribution in [2.75, 3.05) is 33.1 Å². The third-order valence-electron chi connectivity index (χ3n) is 3.41. The summed E-state index contributed by atoms with van der Waals surface area (Å²) in [7, 11) is 5.54. The maximum absolute atomic E-state index is 12.3. The number of para-hydroxylation sites is 2. The molecule has 2 aromatic rings. The van der Waals surface area contributed by atoms with E-state index in [-0.39, 0.29) is 12.1 Å². The topological polar surface area (TPSA) is 53.6 Å². The summed E-state index contributed by atoms with van der Waals surface area (Å²) in [4.78, 5) is 14.4. The van der Waals surface area contributed by atoms with E-state index in [1.165, 1.54) is 0 Å². The number of carbonyl (C=O) groups is 1. The molecular weight excluding hydrogens is 290 g/mol. The number of hydrogen-bond donors (Lipinski definition) is 2. The summed E-state index contributed by atoms with van der Waals surface area (Å²) < 4.78 is 5.25. The van der Waals surface area contributed by atoms with Crippen LogP contribution in [0.4, 0.5) is 10.5 Å². The molecule has 0 aromatic heterocycles. The summed E-state index contributed by atoms with van der Waals surface area (Å²) in [6.45, 7) is 0.712. The largest absolute Gasteiger partial charge is 0.495 e. The van der Waals surface area contributed by atoms with Gasteiger partial charge in [0.15, 0.2) is 0 Å². The van der Waals surface area contributed by atoms with Gasteiger partial charge in [0.1, 0.15) is 5.75 Å². The molecule has 122 valence electrons. The van der Waals surface area contributed by atoms with Crippen molar-refractivity contribution in [3.05, 3.63) is 60.2 Å². The van der Waals surface area contributed by atoms with Crippen LogP contribution in [0, 0.1) is 0 Å². The number of nitrogens with one attached hydrogen (secondary N) is 2. The van der Waals surface area contributed by atoms with Crippen LogP contribution in [-0.2, 0) is 0 Å². The van der Waals surface area contributed by atoms with E-state index in [4.69, 9.17) is 4.74 Å². The molecule has 2 N–H and O–H groups in total. The first-order chi connectivity index (χ1) is 11.1. The van der Waals surface area contributed by atoms with E-state index in [0.717, 1.165) is 5.56 Å². The van der Waals surface area contributed by atoms with Crippen molar-refractivity contribution >= 4 is 11.7 Å². The van der Waals surface area contributed by atoms with Gasteiger partial charge in [-0.25, -0.2) is 4.79 Å². The molecule has 1 unspecified atom stereocenters. The van der Waals surface area contributed by atoms with Crippen molar-refractivity contribution in [1.29, 1.82) is 0 Å². The van der Waals surface area contributed by atoms with E-state index >= 15 is 0 Å². The number of amides is 2. The highest BCUT2D eigenvalue weighted by atomic mass is 16.5. The first kappa shape index (κ1) is 16.8. The van der Waals surface area contributed by atoms with Gasteiger partial charge in [-0.05, 0) is 31.8 Å². The molecule has 0 spiro atoms. The van der Waals surface area contributed by atoms with Crippen LogP contribution >= 0.6 is 0 Å². The molecule has 2 amide bonds. The Hall–Kier alpha value is -2.53. The van der Waals surface area contributed by atoms with E-state index in [0.29, 0.717) is 18.0 Å². The number of carbonyl (C=O) groups excluding carboxylic acids is 1. The number of nitrogens with zero attached hydrogens (tertiary/aromatic N) is 1. The van der Waals surface area contributed by atoms with E-state index in [9.17, 15) is 4.79 Å². The van der Waals surface area contributed by atoms with Crippen LogP contribution < -0.4 is 15.4 Å². The van der Waals surface area contributed by atoms with Crippen molar-refractivity contribution in [1.82, 2.24) is 10.2 Å². The lowest BCUT2D eigenvalue weighted by atomic mass is 10.1. The molecule has 0 saturated carbocycles. The Morgan fingerprint density at radius 1 is 1.09 bits per heavy atom. The number of urea groups is 1. The number of methoxy groups -OCH3 is 1. The summed E-state index contributed by atoms with van der Waals surface area (Å²) in [5.74, 6) is 0.631. The zero-order valence-electron chi connectivity index (χ0n) is 13.7. The molecule has 5 heteroatoms. The van der Waals surface area contributed by atoms with Crippen LogP contribution in [0.5, 0.6) is 5.75 Å². The Morgan fingerprint density at radius 3 is 2.39 bits per heavy atom. The molecule has 0 saturated heterocycles. The lowest BCUT2D eigenvalue weighted by molar-refractivity contribution is 0.244. The Morgan fingerprint density at radius 2 is 1.74 bits per heavy atom. The zero-order valence-corrected chi connectivity index (χ0v) is 13.7. The molecule has 23 heavy (non-hydrogen) atoms. The molecule has 2 rings (SSSR count). The molecule has 2 aromatic carbocycles. The summed E-state index contributed by atoms with van der Waals surface area (Å²) >= 11 is 0. The number of benzene rings is 2. The highest BCUT2D eigenvalue weighted by Crippen LogP contribution is 2.23. The molecule has 0 fully saturated rings. The fraction of sp³-hybridized carbons (Fsp3) is 0.278. The van der Waals surface area contributed by atoms with Crippen LogP contribution in [0.15, 0.2) is 54.6 Å². The lowest BCUT2D eigenvalue weighted by Crippen LogP contribution is -2.37. The quantitative estimate of drug-likeness (QED) is 0.861. The average Bonchev–Trinajstić information content (AvgIpc) is 2.55. The molecule has 0 bridgehead atoms. The average molecular weight is 313 g/mol. The number of ether oxygens (including phenoxy) is 1. The normalized spacial score (nSPS) is 11.8. The van der Waals surface area contributed by atoms with E-state index in [1.807, 2.05) is 73.6 Å². The monoisotopic (exact) mass is 313 g/mol. The Bertz CT molecular complexity index is 629. The molecule has 0 aliphatic rings. The predicted molar refractivity (Wildman–Crippen MR) is 92.9 cm³/mol. The summed E-state index contributed by atoms with van der Waals surface area (Å²) in [6, 6.07) is 16.9. The first-order valence-electron chi connectivity index (χ1n) is 7.50. The highest BCUT2D eigenvalue weighted by Gasteiger charge is 2.16. The maximum atomic E-state index is 12.3. The van der Waals surface area contributed by atoms with Gasteiger partial charge in [-0.3, -0.25) is 0 Å². The van der Waals surface area contributed by atoms with Gasteiger partial charge in [-0.2, -0.15) is 0 Å². The second-order valence-corrected chi connectivity index (χ2v) is 5.52. The van der Waals surface area contributed by atoms with Crippen molar-refractivity contribution in [3.63, 3.8) is 0 Å². The molecule has 0 aliphatic heterocycles. The van der Waals surface area contributed by atoms with Crippen LogP contribution in [-0.4, -0.2) is 38.7 Å². The smallest absolute Gasteiger partial charge is 0.319 e. The summed E-state index contributed by atoms with van der Waals surface area (Å²) in [5.41, 5.74) is 1.71. The Balaban J connectivity index is 2.08. The summed E-state index contributed by atoms with van der Waals surface area (Å²) in [6.07, 6.45) is 0. The van der Waals surface area contributed by atoms with Gasteiger partial charge >= 0.3 is 6.03 Å². The van der Waals surface area contributed by atoms with Gasteiger partial charge in [0.05, 0.1) is 18.8 Å². The number of likely N-dealkylation sites (N-methyl/N-ethyl adjacent to an activating group) is 1. The van der Waals surface area contributed by atoms with Crippen LogP contribution in [0.1, 0.15) is 11.6 Å². The van der Waals surface area contributed by atoms with Crippen molar-refractivity contribution in [2.24, 2.45) is 0 Å². The standard InChI is InChI=1S/C18H23N3O2/c1-21(2)13-16(14-9-5-4-6-10-14)20-18(22)19-15-11-7-8-12-17(15)23-3/h4-12,16H,13H2,1-3H3,(H2,19,20,22). The van der Waals surface area contributed by atoms with Gasteiger partial charge in [-0.1, -0.05) is 42.5 Å². The van der Waals surface area contributed by atoms with Crippen molar-refractivity contribution < 1.29 is 9.53 Å². The molecule has 1 atom stereocenters. The summed E-state index contributed by atoms with van der Waals surface area (Å²) in [5, 5.41) is 5.86. The minimum Gasteiger partial charge on any atom is -0.495 e. The minimum atomic E-state index is -0.259. The molecule has 0 heterocycles. The third-order valence-corrected chi connectivity index (χ3v) is 3.41. The van der Waals surface area contributed by atoms with Gasteiger partial charge < -0.3 is 20.3 Å². The molecule has 5 nitrogen and oxygen atoms in total. The fourth-order valence-electron chi connectivity index (χ4n) is 2.35. The van der Waals surface area contributed by atoms with Crippen molar-refractivity contribution in [2.45, 2.75) is 6.04 Å². The van der Waals surface area contributed by atoms with Crippen molar-refractivity contribution in [3.8, 4) is 5.75 Å². The van der Waals surface area contributed by atoms with E-state index < -0.39 is 0 Å². The maximum Gasteiger partial charge on any atom is 0.319 e. The predicted octanol–water partition coefficient (Wildman–Crippen LogP) is 3.12. The highest BCUT2D eigenvalue weighted by molar-refractivity contribution is 5.91. The van der Waals surface area contributed by atoms with Gasteiger partial charge in [0, 0.05) is 6.54 Å². The van der Waals surface area contributed by atoms with Gasteiger partial charge in [0.2, 0.25) is 0 Å². The second-order valence-electron chi connectivity index (χ2n) is 5.52. The zero-order chi connectivity index (χ0) is 16.7. The molecule has 0 aliphatic carbocycles. The number of hydrogen-bond acceptors (Lipinski definition) is 3. The molecule has 0 radical (unpaired) electrons. The van der Waals surface area contributed by atoms with Crippen LogP contribution in [0.3, 0.4) is 0 Å². The Kier molecular flexibility index (Phi) is 6.00. The SMILES string of the molecule is COc1ccccc1NC(=O)NC(CN(C)C)c1ccccc1.